The summed E-state index contributed by atoms with van der Waals surface area (Å²) in [5.74, 6) is 0.538. The molecule has 1 aromatic carbocycles. The summed E-state index contributed by atoms with van der Waals surface area (Å²) in [5.41, 5.74) is 5.40. The van der Waals surface area contributed by atoms with Crippen molar-refractivity contribution in [2.45, 2.75) is 0 Å². The van der Waals surface area contributed by atoms with E-state index in [1.807, 2.05) is 0 Å². The average Bonchev–Trinajstić information content (AvgIpc) is 2.22. The third-order valence-electron chi connectivity index (χ3n) is 1.76. The number of nitrogen functional groups attached to an aromatic ring is 1. The van der Waals surface area contributed by atoms with Crippen LogP contribution in [0.2, 0.25) is 0 Å². The average molecular weight is 284 g/mol. The molecule has 0 amide bonds. The van der Waals surface area contributed by atoms with Crippen molar-refractivity contribution in [2.75, 3.05) is 5.73 Å². The van der Waals surface area contributed by atoms with Crippen molar-refractivity contribution in [1.29, 1.82) is 0 Å². The van der Waals surface area contributed by atoms with Gasteiger partial charge in [-0.05, 0) is 34.1 Å². The van der Waals surface area contributed by atoms with Gasteiger partial charge in [0, 0.05) is 12.3 Å². The number of hydrogen-bond acceptors (Lipinski definition) is 4. The second-order valence-corrected chi connectivity index (χ2v) is 3.78. The zero-order valence-electron chi connectivity index (χ0n) is 8.02. The molecule has 0 aliphatic carbocycles. The van der Waals surface area contributed by atoms with Crippen molar-refractivity contribution < 1.29 is 9.13 Å². The summed E-state index contributed by atoms with van der Waals surface area (Å²) in [7, 11) is 0. The van der Waals surface area contributed by atoms with Gasteiger partial charge in [-0.2, -0.15) is 4.98 Å². The van der Waals surface area contributed by atoms with Crippen molar-refractivity contribution in [3.05, 3.63) is 40.8 Å². The molecule has 0 unspecified atom stereocenters. The standard InChI is InChI=1S/C10H7BrFN3O/c11-7-5-6(12)1-2-8(7)16-9-3-4-14-10(13)15-9/h1-5H,(H2,13,14,15). The first-order chi connectivity index (χ1) is 7.65. The number of rotatable bonds is 2. The molecule has 2 aromatic rings. The van der Waals surface area contributed by atoms with Crippen molar-refractivity contribution in [2.24, 2.45) is 0 Å². The molecular weight excluding hydrogens is 277 g/mol. The number of hydrogen-bond donors (Lipinski definition) is 1. The second kappa shape index (κ2) is 4.44. The lowest BCUT2D eigenvalue weighted by molar-refractivity contribution is 0.458. The highest BCUT2D eigenvalue weighted by molar-refractivity contribution is 9.10. The van der Waals surface area contributed by atoms with E-state index in [1.165, 1.54) is 24.4 Å². The minimum absolute atomic E-state index is 0.121. The maximum Gasteiger partial charge on any atom is 0.224 e. The number of halogens is 2. The smallest absolute Gasteiger partial charge is 0.224 e. The largest absolute Gasteiger partial charge is 0.438 e. The fraction of sp³-hybridized carbons (Fsp3) is 0. The van der Waals surface area contributed by atoms with Crippen LogP contribution in [0.4, 0.5) is 10.3 Å². The zero-order chi connectivity index (χ0) is 11.5. The molecule has 4 nitrogen and oxygen atoms in total. The number of anilines is 1. The summed E-state index contributed by atoms with van der Waals surface area (Å²) in [6, 6.07) is 5.66. The van der Waals surface area contributed by atoms with Crippen LogP contribution in [0.1, 0.15) is 0 Å². The molecule has 1 aromatic heterocycles. The van der Waals surface area contributed by atoms with Crippen molar-refractivity contribution in [3.63, 3.8) is 0 Å². The molecule has 1 heterocycles. The lowest BCUT2D eigenvalue weighted by Gasteiger charge is -2.06. The van der Waals surface area contributed by atoms with E-state index in [0.717, 1.165) is 0 Å². The molecule has 0 bridgehead atoms. The highest BCUT2D eigenvalue weighted by atomic mass is 79.9. The molecule has 0 aliphatic heterocycles. The molecule has 2 rings (SSSR count). The van der Waals surface area contributed by atoms with E-state index in [9.17, 15) is 4.39 Å². The maximum atomic E-state index is 12.8. The predicted molar refractivity (Wildman–Crippen MR) is 60.6 cm³/mol. The first-order valence-electron chi connectivity index (χ1n) is 4.36. The first-order valence-corrected chi connectivity index (χ1v) is 5.16. The Morgan fingerprint density at radius 3 is 2.81 bits per heavy atom. The molecule has 0 fully saturated rings. The minimum Gasteiger partial charge on any atom is -0.438 e. The van der Waals surface area contributed by atoms with Crippen LogP contribution < -0.4 is 10.5 Å². The van der Waals surface area contributed by atoms with Gasteiger partial charge in [-0.3, -0.25) is 0 Å². The van der Waals surface area contributed by atoms with E-state index in [2.05, 4.69) is 25.9 Å². The molecule has 2 N–H and O–H groups in total. The fourth-order valence-corrected chi connectivity index (χ4v) is 1.52. The van der Waals surface area contributed by atoms with Crippen LogP contribution in [0.3, 0.4) is 0 Å². The number of nitrogens with zero attached hydrogens (tertiary/aromatic N) is 2. The van der Waals surface area contributed by atoms with Crippen molar-refractivity contribution in [1.82, 2.24) is 9.97 Å². The minimum atomic E-state index is -0.346. The summed E-state index contributed by atoms with van der Waals surface area (Å²) in [6.45, 7) is 0. The van der Waals surface area contributed by atoms with Crippen molar-refractivity contribution >= 4 is 21.9 Å². The van der Waals surface area contributed by atoms with Crippen LogP contribution in [0.15, 0.2) is 34.9 Å². The summed E-state index contributed by atoms with van der Waals surface area (Å²) < 4.78 is 18.7. The third kappa shape index (κ3) is 2.46. The maximum absolute atomic E-state index is 12.8. The van der Waals surface area contributed by atoms with Gasteiger partial charge >= 0.3 is 0 Å². The topological polar surface area (TPSA) is 61.0 Å². The van der Waals surface area contributed by atoms with Crippen LogP contribution in [0, 0.1) is 5.82 Å². The van der Waals surface area contributed by atoms with Gasteiger partial charge in [0.25, 0.3) is 0 Å². The molecular formula is C10H7BrFN3O. The molecule has 0 saturated heterocycles. The molecule has 0 saturated carbocycles. The van der Waals surface area contributed by atoms with Crippen LogP contribution >= 0.6 is 15.9 Å². The van der Waals surface area contributed by atoms with Gasteiger partial charge in [0.2, 0.25) is 11.8 Å². The van der Waals surface area contributed by atoms with E-state index in [1.54, 1.807) is 6.07 Å². The van der Waals surface area contributed by atoms with Gasteiger partial charge < -0.3 is 10.5 Å². The highest BCUT2D eigenvalue weighted by Gasteiger charge is 2.05. The highest BCUT2D eigenvalue weighted by Crippen LogP contribution is 2.29. The number of ether oxygens (including phenoxy) is 1. The van der Waals surface area contributed by atoms with Crippen molar-refractivity contribution in [3.8, 4) is 11.6 Å². The Morgan fingerprint density at radius 2 is 2.12 bits per heavy atom. The SMILES string of the molecule is Nc1nccc(Oc2ccc(F)cc2Br)n1. The zero-order valence-corrected chi connectivity index (χ0v) is 9.61. The summed E-state index contributed by atoms with van der Waals surface area (Å²) in [5, 5.41) is 0. The Kier molecular flexibility index (Phi) is 3.00. The van der Waals surface area contributed by atoms with Crippen LogP contribution in [0.5, 0.6) is 11.6 Å². The monoisotopic (exact) mass is 283 g/mol. The lowest BCUT2D eigenvalue weighted by atomic mass is 10.3. The number of aromatic nitrogens is 2. The number of benzene rings is 1. The molecule has 0 radical (unpaired) electrons. The molecule has 0 atom stereocenters. The van der Waals surface area contributed by atoms with Gasteiger partial charge in [-0.1, -0.05) is 0 Å². The Labute approximate surface area is 99.4 Å². The Morgan fingerprint density at radius 1 is 1.31 bits per heavy atom. The van der Waals surface area contributed by atoms with E-state index < -0.39 is 0 Å². The van der Waals surface area contributed by atoms with Crippen LogP contribution in [-0.4, -0.2) is 9.97 Å². The van der Waals surface area contributed by atoms with E-state index in [-0.39, 0.29) is 11.8 Å². The predicted octanol–water partition coefficient (Wildman–Crippen LogP) is 2.75. The molecule has 0 spiro atoms. The Bertz CT molecular complexity index is 521. The van der Waals surface area contributed by atoms with Gasteiger partial charge in [0.05, 0.1) is 4.47 Å². The molecule has 82 valence electrons. The summed E-state index contributed by atoms with van der Waals surface area (Å²) in [6.07, 6.45) is 1.48. The number of nitrogens with two attached hydrogens (primary N) is 1. The molecule has 0 aliphatic rings. The van der Waals surface area contributed by atoms with E-state index in [0.29, 0.717) is 16.1 Å². The Balaban J connectivity index is 2.27. The molecule has 6 heteroatoms. The van der Waals surface area contributed by atoms with Crippen LogP contribution in [-0.2, 0) is 0 Å². The van der Waals surface area contributed by atoms with E-state index in [4.69, 9.17) is 10.5 Å². The second-order valence-electron chi connectivity index (χ2n) is 2.93. The van der Waals surface area contributed by atoms with Gasteiger partial charge in [0.1, 0.15) is 11.6 Å². The van der Waals surface area contributed by atoms with Gasteiger partial charge in [-0.15, -0.1) is 0 Å². The summed E-state index contributed by atoms with van der Waals surface area (Å²) >= 11 is 3.18. The lowest BCUT2D eigenvalue weighted by Crippen LogP contribution is -1.96. The van der Waals surface area contributed by atoms with E-state index >= 15 is 0 Å². The Hall–Kier alpha value is -1.69. The quantitative estimate of drug-likeness (QED) is 0.921. The third-order valence-corrected chi connectivity index (χ3v) is 2.38. The van der Waals surface area contributed by atoms with Gasteiger partial charge in [0.15, 0.2) is 0 Å². The van der Waals surface area contributed by atoms with Crippen LogP contribution in [0.25, 0.3) is 0 Å². The normalized spacial score (nSPS) is 10.1. The first kappa shape index (κ1) is 10.8. The molecule has 16 heavy (non-hydrogen) atoms. The fourth-order valence-electron chi connectivity index (χ4n) is 1.08. The summed E-state index contributed by atoms with van der Waals surface area (Å²) in [4.78, 5) is 7.59. The van der Waals surface area contributed by atoms with Gasteiger partial charge in [-0.25, -0.2) is 9.37 Å².